The normalized spacial score (nSPS) is 39.4. The number of nitrogens with zero attached hydrogens (tertiary/aromatic N) is 2. The van der Waals surface area contributed by atoms with Crippen LogP contribution < -0.4 is 5.32 Å². The van der Waals surface area contributed by atoms with Gasteiger partial charge in [0, 0.05) is 48.3 Å². The average Bonchev–Trinajstić information content (AvgIpc) is 3.28. The molecule has 7 nitrogen and oxygen atoms in total. The van der Waals surface area contributed by atoms with Crippen LogP contribution in [-0.2, 0) is 9.59 Å². The zero-order valence-corrected chi connectivity index (χ0v) is 17.0. The molecule has 9 heteroatoms. The topological polar surface area (TPSA) is 93.1 Å². The minimum Gasteiger partial charge on any atom is -0.477 e. The van der Waals surface area contributed by atoms with Gasteiger partial charge in [0.15, 0.2) is 0 Å². The minimum absolute atomic E-state index is 0.0904. The van der Waals surface area contributed by atoms with Gasteiger partial charge in [-0.1, -0.05) is 6.92 Å². The van der Waals surface area contributed by atoms with Gasteiger partial charge in [0.05, 0.1) is 18.1 Å². The van der Waals surface area contributed by atoms with Crippen molar-refractivity contribution >= 4 is 23.6 Å². The lowest BCUT2D eigenvalue weighted by Gasteiger charge is -2.46. The fraction of sp³-hybridized carbons (Fsp3) is 0.789. The van der Waals surface area contributed by atoms with Crippen molar-refractivity contribution in [3.63, 3.8) is 0 Å². The Kier molecular flexibility index (Phi) is 5.45. The first-order valence-corrected chi connectivity index (χ1v) is 10.9. The van der Waals surface area contributed by atoms with E-state index in [1.807, 2.05) is 6.92 Å². The molecule has 0 aromatic carbocycles. The van der Waals surface area contributed by atoms with Gasteiger partial charge in [-0.25, -0.2) is 9.18 Å². The maximum Gasteiger partial charge on any atom is 0.353 e. The number of carbonyl (C=O) groups excluding carboxylic acids is 1. The molecule has 156 valence electrons. The molecule has 4 aliphatic heterocycles. The number of likely N-dealkylation sites (tertiary alicyclic amines) is 1. The maximum atomic E-state index is 13.4. The lowest BCUT2D eigenvalue weighted by Crippen LogP contribution is -2.63. The van der Waals surface area contributed by atoms with Crippen molar-refractivity contribution in [2.75, 3.05) is 26.2 Å². The van der Waals surface area contributed by atoms with Crippen LogP contribution in [-0.4, -0.2) is 87.7 Å². The highest BCUT2D eigenvalue weighted by Crippen LogP contribution is 2.51. The summed E-state index contributed by atoms with van der Waals surface area (Å²) in [7, 11) is 0. The molecule has 4 rings (SSSR count). The molecule has 1 amide bonds. The van der Waals surface area contributed by atoms with E-state index in [1.54, 1.807) is 18.7 Å². The van der Waals surface area contributed by atoms with Gasteiger partial charge in [-0.05, 0) is 19.8 Å². The number of aliphatic carboxylic acids is 1. The second-order valence-corrected chi connectivity index (χ2v) is 9.84. The molecule has 4 heterocycles. The van der Waals surface area contributed by atoms with Crippen LogP contribution in [0.4, 0.5) is 4.39 Å². The molecule has 4 unspecified atom stereocenters. The molecular weight excluding hydrogens is 385 g/mol. The number of fused-ring (bicyclic) bond motifs is 1. The van der Waals surface area contributed by atoms with Gasteiger partial charge >= 0.3 is 5.97 Å². The van der Waals surface area contributed by atoms with Crippen molar-refractivity contribution in [1.29, 1.82) is 0 Å². The predicted octanol–water partition coefficient (Wildman–Crippen LogP) is 0.648. The number of carbonyl (C=O) groups is 2. The van der Waals surface area contributed by atoms with Gasteiger partial charge in [-0.15, -0.1) is 11.8 Å². The molecule has 3 saturated heterocycles. The predicted molar refractivity (Wildman–Crippen MR) is 103 cm³/mol. The molecule has 7 atom stereocenters. The third-order valence-electron chi connectivity index (χ3n) is 6.48. The largest absolute Gasteiger partial charge is 0.477 e. The van der Waals surface area contributed by atoms with E-state index in [2.05, 4.69) is 10.2 Å². The van der Waals surface area contributed by atoms with Crippen LogP contribution >= 0.6 is 11.8 Å². The third kappa shape index (κ3) is 3.36. The first kappa shape index (κ1) is 20.1. The van der Waals surface area contributed by atoms with E-state index >= 15 is 0 Å². The number of carboxylic acids is 1. The number of halogens is 1. The highest BCUT2D eigenvalue weighted by atomic mass is 32.2. The number of nitrogens with one attached hydrogen (secondary N) is 1. The number of hydrogen-bond acceptors (Lipinski definition) is 6. The van der Waals surface area contributed by atoms with Crippen molar-refractivity contribution in [1.82, 2.24) is 15.1 Å². The lowest BCUT2D eigenvalue weighted by atomic mass is 9.79. The molecule has 0 saturated carbocycles. The zero-order valence-electron chi connectivity index (χ0n) is 16.2. The third-order valence-corrected chi connectivity index (χ3v) is 7.99. The van der Waals surface area contributed by atoms with Crippen LogP contribution in [0.3, 0.4) is 0 Å². The van der Waals surface area contributed by atoms with Crippen molar-refractivity contribution in [2.24, 2.45) is 11.8 Å². The van der Waals surface area contributed by atoms with E-state index < -0.39 is 24.2 Å². The van der Waals surface area contributed by atoms with Crippen LogP contribution in [0.25, 0.3) is 0 Å². The highest BCUT2D eigenvalue weighted by molar-refractivity contribution is 8.03. The van der Waals surface area contributed by atoms with E-state index in [4.69, 9.17) is 0 Å². The Hall–Kier alpha value is -1.16. The van der Waals surface area contributed by atoms with Gasteiger partial charge in [0.1, 0.15) is 11.9 Å². The Bertz CT molecular complexity index is 703. The molecule has 0 aromatic heterocycles. The molecule has 28 heavy (non-hydrogen) atoms. The first-order chi connectivity index (χ1) is 13.3. The molecule has 3 N–H and O–H groups in total. The fourth-order valence-corrected chi connectivity index (χ4v) is 6.65. The Balaban J connectivity index is 1.42. The van der Waals surface area contributed by atoms with Crippen LogP contribution in [0, 0.1) is 11.8 Å². The smallest absolute Gasteiger partial charge is 0.353 e. The number of alkyl halides is 1. The van der Waals surface area contributed by atoms with Gasteiger partial charge in [-0.2, -0.15) is 0 Å². The SMILES string of the molecule is C[C@@H](O)C1C(=O)N2C(C(=O)O)=C(S[C@@H]3CNC(CN4CCC(F)C4)C3)[C@H](C)C12. The summed E-state index contributed by atoms with van der Waals surface area (Å²) in [5.41, 5.74) is 0.0904. The molecule has 4 aliphatic rings. The van der Waals surface area contributed by atoms with Gasteiger partial charge in [0.2, 0.25) is 5.91 Å². The fourth-order valence-electron chi connectivity index (χ4n) is 5.13. The second-order valence-electron chi connectivity index (χ2n) is 8.50. The number of hydrogen-bond donors (Lipinski definition) is 3. The van der Waals surface area contributed by atoms with Crippen molar-refractivity contribution in [2.45, 2.75) is 56.3 Å². The quantitative estimate of drug-likeness (QED) is 0.551. The number of amides is 1. The number of carboxylic acid groups (broad SMARTS) is 1. The first-order valence-electron chi connectivity index (χ1n) is 10.0. The number of aliphatic hydroxyl groups excluding tert-OH is 1. The summed E-state index contributed by atoms with van der Waals surface area (Å²) in [6, 6.07) is 0.00889. The lowest BCUT2D eigenvalue weighted by molar-refractivity contribution is -0.163. The van der Waals surface area contributed by atoms with Crippen molar-refractivity contribution < 1.29 is 24.2 Å². The second kappa shape index (κ2) is 7.59. The Labute approximate surface area is 168 Å². The molecule has 0 aliphatic carbocycles. The summed E-state index contributed by atoms with van der Waals surface area (Å²) in [5, 5.41) is 23.4. The summed E-state index contributed by atoms with van der Waals surface area (Å²) in [5.74, 6) is -2.00. The highest BCUT2D eigenvalue weighted by Gasteiger charge is 2.60. The maximum absolute atomic E-state index is 13.4. The molecule has 0 radical (unpaired) electrons. The van der Waals surface area contributed by atoms with Crippen LogP contribution in [0.1, 0.15) is 26.7 Å². The van der Waals surface area contributed by atoms with E-state index in [9.17, 15) is 24.2 Å². The number of β-lactam (4-membered cyclic amide) rings is 1. The summed E-state index contributed by atoms with van der Waals surface area (Å²) in [6.45, 7) is 6.41. The van der Waals surface area contributed by atoms with Gasteiger partial charge < -0.3 is 20.4 Å². The number of rotatable bonds is 6. The van der Waals surface area contributed by atoms with Gasteiger partial charge in [-0.3, -0.25) is 9.69 Å². The summed E-state index contributed by atoms with van der Waals surface area (Å²) < 4.78 is 13.4. The molecule has 0 bridgehead atoms. The molecule has 0 spiro atoms. The average molecular weight is 414 g/mol. The minimum atomic E-state index is -1.08. The Morgan fingerprint density at radius 2 is 2.21 bits per heavy atom. The molecule has 0 aromatic rings. The van der Waals surface area contributed by atoms with Crippen molar-refractivity contribution in [3.8, 4) is 0 Å². The zero-order chi connectivity index (χ0) is 20.2. The Morgan fingerprint density at radius 3 is 2.82 bits per heavy atom. The van der Waals surface area contributed by atoms with Gasteiger partial charge in [0.25, 0.3) is 0 Å². The summed E-state index contributed by atoms with van der Waals surface area (Å²) in [4.78, 5) is 28.6. The van der Waals surface area contributed by atoms with Crippen molar-refractivity contribution in [3.05, 3.63) is 10.6 Å². The van der Waals surface area contributed by atoms with E-state index in [-0.39, 0.29) is 34.9 Å². The van der Waals surface area contributed by atoms with E-state index in [0.717, 1.165) is 31.0 Å². The standard InChI is InChI=1S/C19H28FN3O4S/c1-9-15-14(10(2)24)18(25)23(15)16(19(26)27)17(9)28-13-5-12(21-6-13)8-22-4-3-11(20)7-22/h9-15,21,24H,3-8H2,1-2H3,(H,26,27)/t9-,10-,11?,12?,13+,14?,15?/m1/s1. The Morgan fingerprint density at radius 1 is 1.46 bits per heavy atom. The molecular formula is C19H28FN3O4S. The number of aliphatic hydroxyl groups is 1. The van der Waals surface area contributed by atoms with Crippen LogP contribution in [0.5, 0.6) is 0 Å². The van der Waals surface area contributed by atoms with Crippen LogP contribution in [0.15, 0.2) is 10.6 Å². The molecule has 3 fully saturated rings. The number of thioether (sulfide) groups is 1. The van der Waals surface area contributed by atoms with Crippen LogP contribution in [0.2, 0.25) is 0 Å². The monoisotopic (exact) mass is 413 g/mol. The van der Waals surface area contributed by atoms with E-state index in [0.29, 0.717) is 13.0 Å². The summed E-state index contributed by atoms with van der Waals surface area (Å²) >= 11 is 1.55. The summed E-state index contributed by atoms with van der Waals surface area (Å²) in [6.07, 6.45) is -0.0156. The van der Waals surface area contributed by atoms with E-state index in [1.165, 1.54) is 4.90 Å².